The molecule has 4 aliphatic heterocycles. The van der Waals surface area contributed by atoms with Gasteiger partial charge in [-0.3, -0.25) is 4.79 Å². The predicted molar refractivity (Wildman–Crippen MR) is 188 cm³/mol. The number of hydrogen-bond donors (Lipinski definition) is 2. The third kappa shape index (κ3) is 3.54. The second-order valence-electron chi connectivity index (χ2n) is 19.6. The highest BCUT2D eigenvalue weighted by atomic mass is 16.8. The van der Waals surface area contributed by atoms with Crippen LogP contribution in [0.4, 0.5) is 0 Å². The van der Waals surface area contributed by atoms with Gasteiger partial charge in [-0.15, -0.1) is 0 Å². The van der Waals surface area contributed by atoms with Crippen molar-refractivity contribution in [3.8, 4) is 0 Å². The van der Waals surface area contributed by atoms with E-state index in [1.807, 2.05) is 6.08 Å². The Balaban J connectivity index is 1.07. The number of ether oxygens (including phenoxy) is 5. The number of aromatic amines is 1. The summed E-state index contributed by atoms with van der Waals surface area (Å²) in [7, 11) is 0. The van der Waals surface area contributed by atoms with E-state index in [1.165, 1.54) is 22.2 Å². The smallest absolute Gasteiger partial charge is 0.178 e. The zero-order valence-electron chi connectivity index (χ0n) is 31.5. The van der Waals surface area contributed by atoms with Crippen molar-refractivity contribution in [2.24, 2.45) is 23.2 Å². The highest BCUT2D eigenvalue weighted by Crippen LogP contribution is 2.75. The van der Waals surface area contributed by atoms with Crippen LogP contribution in [0.5, 0.6) is 0 Å². The van der Waals surface area contributed by atoms with Crippen LogP contribution < -0.4 is 0 Å². The van der Waals surface area contributed by atoms with Gasteiger partial charge in [-0.25, -0.2) is 0 Å². The Morgan fingerprint density at radius 2 is 1.64 bits per heavy atom. The lowest BCUT2D eigenvalue weighted by Crippen LogP contribution is -2.77. The van der Waals surface area contributed by atoms with E-state index in [1.54, 1.807) is 0 Å². The van der Waals surface area contributed by atoms with Crippen molar-refractivity contribution in [1.29, 1.82) is 0 Å². The van der Waals surface area contributed by atoms with E-state index >= 15 is 0 Å². The summed E-state index contributed by atoms with van der Waals surface area (Å²) >= 11 is 0. The highest BCUT2D eigenvalue weighted by molar-refractivity contribution is 6.06. The Hall–Kier alpha value is -2.07. The number of Topliss-reactive ketones (excluding diaryl/α,β-unsaturated/α-hetero) is 1. The second-order valence-corrected chi connectivity index (χ2v) is 19.6. The Morgan fingerprint density at radius 3 is 2.38 bits per heavy atom. The second kappa shape index (κ2) is 9.34. The van der Waals surface area contributed by atoms with Gasteiger partial charge in [-0.1, -0.05) is 19.4 Å². The molecule has 1 aromatic carbocycles. The van der Waals surface area contributed by atoms with Crippen molar-refractivity contribution in [3.63, 3.8) is 0 Å². The number of hydrogen-bond acceptors (Lipinski definition) is 7. The fourth-order valence-electron chi connectivity index (χ4n) is 13.6. The molecule has 4 unspecified atom stereocenters. The molecule has 1 aromatic heterocycles. The van der Waals surface area contributed by atoms with Crippen molar-refractivity contribution in [3.05, 3.63) is 46.2 Å². The molecule has 4 aliphatic carbocycles. The fourth-order valence-corrected chi connectivity index (χ4v) is 13.6. The number of H-pyrrole nitrogens is 1. The molecule has 0 bridgehead atoms. The topological polar surface area (TPSA) is 103 Å². The first kappa shape index (κ1) is 32.6. The van der Waals surface area contributed by atoms with Gasteiger partial charge in [0.05, 0.1) is 28.8 Å². The number of allylic oxidation sites excluding steroid dienone is 1. The number of rotatable bonds is 1. The Morgan fingerprint density at radius 1 is 0.880 bits per heavy atom. The van der Waals surface area contributed by atoms with Gasteiger partial charge < -0.3 is 33.8 Å². The lowest BCUT2D eigenvalue weighted by atomic mass is 9.40. The first-order valence-corrected chi connectivity index (χ1v) is 19.3. The van der Waals surface area contributed by atoms with E-state index in [2.05, 4.69) is 86.4 Å². The largest absolute Gasteiger partial charge is 0.386 e. The van der Waals surface area contributed by atoms with Crippen LogP contribution in [0.15, 0.2) is 23.8 Å². The van der Waals surface area contributed by atoms with Gasteiger partial charge in [0, 0.05) is 38.9 Å². The van der Waals surface area contributed by atoms with Crippen molar-refractivity contribution in [2.75, 3.05) is 0 Å². The molecule has 2 aromatic rings. The molecule has 0 radical (unpaired) electrons. The molecule has 8 heteroatoms. The predicted octanol–water partition coefficient (Wildman–Crippen LogP) is 6.87. The number of fused-ring (bicyclic) bond motifs is 12. The highest BCUT2D eigenvalue weighted by Gasteiger charge is 2.87. The number of benzene rings is 1. The molecule has 4 saturated heterocycles. The van der Waals surface area contributed by atoms with Gasteiger partial charge in [-0.2, -0.15) is 0 Å². The van der Waals surface area contributed by atoms with Crippen molar-refractivity contribution < 1.29 is 33.6 Å². The number of carbonyl (C=O) groups excluding carboxylic acids is 1. The van der Waals surface area contributed by atoms with E-state index in [0.717, 1.165) is 48.8 Å². The number of nitrogens with one attached hydrogen (secondary N) is 1. The standard InChI is InChI=1S/C42H55NO7/c1-20(2)17-28-47-32-34(38(7,8)48-28)46-27-14-15-39(9)40(10)21(13-16-41(39,45)42(27)35(32)49-42)18-24-29-23-19-25-30(37(5,6)50-36(25,3)4)31(44)22(23)11-12-26(29)43-33(24)40/h11-12,17,21,25,27-28,30,32,34-35,43,45H,13-16,18-19H2,1-10H3/t21?,25?,27?,28-,30?,32+,34-,35+,39+,40+,41-,42-/m0/s1. The molecule has 8 aliphatic rings. The maximum absolute atomic E-state index is 14.3. The summed E-state index contributed by atoms with van der Waals surface area (Å²) in [5.74, 6) is 0.568. The van der Waals surface area contributed by atoms with E-state index in [4.69, 9.17) is 23.7 Å². The van der Waals surface area contributed by atoms with Gasteiger partial charge in [0.1, 0.15) is 23.9 Å². The Labute approximate surface area is 296 Å². The normalized spacial score (nSPS) is 48.3. The van der Waals surface area contributed by atoms with Gasteiger partial charge in [0.2, 0.25) is 0 Å². The third-order valence-corrected chi connectivity index (χ3v) is 15.9. The molecule has 12 atom stereocenters. The summed E-state index contributed by atoms with van der Waals surface area (Å²) in [4.78, 5) is 18.2. The number of carbonyl (C=O) groups is 1. The van der Waals surface area contributed by atoms with Crippen LogP contribution in [-0.4, -0.2) is 74.6 Å². The quantitative estimate of drug-likeness (QED) is 0.250. The zero-order valence-corrected chi connectivity index (χ0v) is 31.5. The SMILES string of the molecule is CC(C)=C[C@H]1O[C@H]2[C@H]3O[C@@]34C(CC[C@@]3(C)[C@@]4(O)CCC4Cc5c([nH]c6ccc7c(c56)CC5C(C7=O)C(C)(C)OC5(C)C)[C@@]43C)O[C@@H]2C(C)(C)O1. The van der Waals surface area contributed by atoms with E-state index in [-0.39, 0.29) is 53.1 Å². The molecule has 1 spiro atoms. The number of epoxide rings is 1. The van der Waals surface area contributed by atoms with Gasteiger partial charge in [-0.05, 0) is 129 Å². The fraction of sp³-hybridized carbons (Fsp3) is 0.738. The van der Waals surface area contributed by atoms with Gasteiger partial charge in [0.25, 0.3) is 0 Å². The summed E-state index contributed by atoms with van der Waals surface area (Å²) in [6, 6.07) is 4.19. The monoisotopic (exact) mass is 685 g/mol. The van der Waals surface area contributed by atoms with Gasteiger partial charge in [0.15, 0.2) is 17.7 Å². The van der Waals surface area contributed by atoms with E-state index in [9.17, 15) is 9.90 Å². The summed E-state index contributed by atoms with van der Waals surface area (Å²) < 4.78 is 33.4. The lowest BCUT2D eigenvalue weighted by molar-refractivity contribution is -0.343. The van der Waals surface area contributed by atoms with Crippen LogP contribution in [0, 0.1) is 23.2 Å². The zero-order chi connectivity index (χ0) is 35.3. The van der Waals surface area contributed by atoms with Gasteiger partial charge >= 0.3 is 0 Å². The Kier molecular flexibility index (Phi) is 6.09. The van der Waals surface area contributed by atoms with Crippen LogP contribution >= 0.6 is 0 Å². The minimum absolute atomic E-state index is 0.123. The first-order chi connectivity index (χ1) is 23.3. The summed E-state index contributed by atoms with van der Waals surface area (Å²) in [6.45, 7) is 21.5. The van der Waals surface area contributed by atoms with Crippen LogP contribution in [-0.2, 0) is 41.9 Å². The molecular formula is C42H55NO7. The lowest BCUT2D eigenvalue weighted by Gasteiger charge is -2.66. The van der Waals surface area contributed by atoms with Crippen LogP contribution in [0.1, 0.15) is 122 Å². The molecule has 2 saturated carbocycles. The molecule has 50 heavy (non-hydrogen) atoms. The van der Waals surface area contributed by atoms with Crippen molar-refractivity contribution >= 4 is 16.7 Å². The first-order valence-electron chi connectivity index (χ1n) is 19.3. The third-order valence-electron chi connectivity index (χ3n) is 15.9. The van der Waals surface area contributed by atoms with Crippen molar-refractivity contribution in [1.82, 2.24) is 4.98 Å². The average molecular weight is 686 g/mol. The maximum atomic E-state index is 14.3. The van der Waals surface area contributed by atoms with Crippen LogP contribution in [0.2, 0.25) is 0 Å². The number of aromatic nitrogens is 1. The van der Waals surface area contributed by atoms with E-state index < -0.39 is 34.1 Å². The van der Waals surface area contributed by atoms with Crippen LogP contribution in [0.3, 0.4) is 0 Å². The minimum atomic E-state index is -1.11. The molecule has 270 valence electrons. The summed E-state index contributed by atoms with van der Waals surface area (Å²) in [5, 5.41) is 14.7. The average Bonchev–Trinajstić information content (AvgIpc) is 3.51. The molecule has 0 amide bonds. The number of aliphatic hydroxyl groups is 1. The van der Waals surface area contributed by atoms with Crippen LogP contribution in [0.25, 0.3) is 10.9 Å². The van der Waals surface area contributed by atoms with E-state index in [0.29, 0.717) is 12.3 Å². The molecule has 6 fully saturated rings. The molecule has 8 nitrogen and oxygen atoms in total. The molecular weight excluding hydrogens is 630 g/mol. The molecule has 5 heterocycles. The maximum Gasteiger partial charge on any atom is 0.178 e. The minimum Gasteiger partial charge on any atom is -0.386 e. The molecule has 2 N–H and O–H groups in total. The summed E-state index contributed by atoms with van der Waals surface area (Å²) in [5.41, 5.74) is 2.69. The molecule has 10 rings (SSSR count). The van der Waals surface area contributed by atoms with Crippen molar-refractivity contribution in [2.45, 2.75) is 172 Å². The summed E-state index contributed by atoms with van der Waals surface area (Å²) in [6.07, 6.45) is 5.41. The Bertz CT molecular complexity index is 1900. The number of ketones is 1.